The van der Waals surface area contributed by atoms with E-state index in [1.54, 1.807) is 12.3 Å². The zero-order valence-electron chi connectivity index (χ0n) is 18.4. The average Bonchev–Trinajstić information content (AvgIpc) is 3.21. The first-order valence-electron chi connectivity index (χ1n) is 11.5. The molecule has 1 heterocycles. The summed E-state index contributed by atoms with van der Waals surface area (Å²) in [5, 5.41) is 4.62. The molecule has 0 saturated carbocycles. The Labute approximate surface area is 197 Å². The first kappa shape index (κ1) is 19.2. The van der Waals surface area contributed by atoms with Crippen molar-refractivity contribution >= 4 is 21.5 Å². The van der Waals surface area contributed by atoms with Crippen molar-refractivity contribution in [3.63, 3.8) is 0 Å². The minimum Gasteiger partial charge on any atom is -0.261 e. The fourth-order valence-electron chi connectivity index (χ4n) is 5.80. The Morgan fingerprint density at radius 3 is 1.62 bits per heavy atom. The number of fused-ring (bicyclic) bond motifs is 5. The molecule has 0 atom stereocenters. The Morgan fingerprint density at radius 1 is 0.559 bits per heavy atom. The second-order valence-corrected chi connectivity index (χ2v) is 8.88. The van der Waals surface area contributed by atoms with Crippen molar-refractivity contribution in [3.8, 4) is 22.3 Å². The second-order valence-electron chi connectivity index (χ2n) is 8.88. The van der Waals surface area contributed by atoms with Crippen molar-refractivity contribution in [1.29, 1.82) is 0 Å². The van der Waals surface area contributed by atoms with E-state index in [2.05, 4.69) is 102 Å². The third-order valence-corrected chi connectivity index (χ3v) is 7.09. The number of halogens is 1. The fraction of sp³-hybridized carbons (Fsp3) is 0.0312. The molecule has 2 heteroatoms. The molecule has 7 rings (SSSR count). The maximum Gasteiger partial charge on any atom is 0.142 e. The summed E-state index contributed by atoms with van der Waals surface area (Å²) in [6.45, 7) is 0. The Hall–Kier alpha value is -4.30. The van der Waals surface area contributed by atoms with Gasteiger partial charge >= 0.3 is 0 Å². The number of hydrogen-bond acceptors (Lipinski definition) is 1. The maximum absolute atomic E-state index is 14.2. The molecule has 5 aromatic carbocycles. The minimum atomic E-state index is -0.326. The number of pyridine rings is 1. The lowest BCUT2D eigenvalue weighted by molar-refractivity contribution is 0.622. The number of aromatic nitrogens is 1. The SMILES string of the molecule is Fc1cncc(-c2c3ccccc3c(C3c4ccccc4-c4ccccc43)c3ccccc23)c1. The van der Waals surface area contributed by atoms with Gasteiger partial charge in [0.2, 0.25) is 0 Å². The quantitative estimate of drug-likeness (QED) is 0.248. The van der Waals surface area contributed by atoms with Gasteiger partial charge in [0.05, 0.1) is 6.20 Å². The van der Waals surface area contributed by atoms with Gasteiger partial charge < -0.3 is 0 Å². The van der Waals surface area contributed by atoms with E-state index in [4.69, 9.17) is 0 Å². The van der Waals surface area contributed by atoms with Crippen LogP contribution in [0, 0.1) is 5.82 Å². The zero-order valence-corrected chi connectivity index (χ0v) is 18.4. The van der Waals surface area contributed by atoms with Crippen LogP contribution in [-0.4, -0.2) is 4.98 Å². The van der Waals surface area contributed by atoms with E-state index in [1.165, 1.54) is 44.8 Å². The molecular formula is C32H20FN. The van der Waals surface area contributed by atoms with Crippen LogP contribution >= 0.6 is 0 Å². The lowest BCUT2D eigenvalue weighted by Gasteiger charge is -2.22. The van der Waals surface area contributed by atoms with Crippen LogP contribution < -0.4 is 0 Å². The summed E-state index contributed by atoms with van der Waals surface area (Å²) in [6, 6.07) is 36.1. The van der Waals surface area contributed by atoms with Gasteiger partial charge in [-0.15, -0.1) is 0 Å². The summed E-state index contributed by atoms with van der Waals surface area (Å²) in [6.07, 6.45) is 3.02. The van der Waals surface area contributed by atoms with Crippen molar-refractivity contribution < 1.29 is 4.39 Å². The maximum atomic E-state index is 14.2. The Morgan fingerprint density at radius 2 is 1.06 bits per heavy atom. The van der Waals surface area contributed by atoms with E-state index < -0.39 is 0 Å². The van der Waals surface area contributed by atoms with E-state index in [1.807, 2.05) is 0 Å². The largest absolute Gasteiger partial charge is 0.261 e. The molecule has 1 aliphatic carbocycles. The molecule has 1 aliphatic rings. The monoisotopic (exact) mass is 437 g/mol. The molecule has 0 bridgehead atoms. The Bertz CT molecular complexity index is 1630. The zero-order chi connectivity index (χ0) is 22.6. The summed E-state index contributed by atoms with van der Waals surface area (Å²) in [5.74, 6) is -0.199. The van der Waals surface area contributed by atoms with E-state index in [0.29, 0.717) is 0 Å². The number of hydrogen-bond donors (Lipinski definition) is 0. The van der Waals surface area contributed by atoms with Gasteiger partial charge in [-0.1, -0.05) is 97.1 Å². The van der Waals surface area contributed by atoms with E-state index in [9.17, 15) is 4.39 Å². The van der Waals surface area contributed by atoms with Crippen LogP contribution in [0.1, 0.15) is 22.6 Å². The first-order valence-corrected chi connectivity index (χ1v) is 11.5. The van der Waals surface area contributed by atoms with Crippen molar-refractivity contribution in [2.75, 3.05) is 0 Å². The molecule has 34 heavy (non-hydrogen) atoms. The lowest BCUT2D eigenvalue weighted by atomic mass is 9.80. The summed E-state index contributed by atoms with van der Waals surface area (Å²) in [7, 11) is 0. The van der Waals surface area contributed by atoms with Gasteiger partial charge in [0.25, 0.3) is 0 Å². The van der Waals surface area contributed by atoms with Gasteiger partial charge in [0.1, 0.15) is 5.82 Å². The van der Waals surface area contributed by atoms with Crippen LogP contribution in [0.3, 0.4) is 0 Å². The van der Waals surface area contributed by atoms with Crippen LogP contribution in [0.4, 0.5) is 4.39 Å². The lowest BCUT2D eigenvalue weighted by Crippen LogP contribution is -2.03. The van der Waals surface area contributed by atoms with Crippen LogP contribution in [0.25, 0.3) is 43.8 Å². The standard InChI is InChI=1S/C32H20FN/c33-21-17-20(18-34-19-21)30-26-13-5-7-15-28(26)32(29-16-8-6-14-27(29)30)31-24-11-3-1-9-22(24)23-10-2-4-12-25(23)31/h1-19,31H. The van der Waals surface area contributed by atoms with Gasteiger partial charge in [0.15, 0.2) is 0 Å². The number of rotatable bonds is 2. The number of nitrogens with zero attached hydrogens (tertiary/aromatic N) is 1. The molecule has 160 valence electrons. The molecule has 0 amide bonds. The minimum absolute atomic E-state index is 0.127. The van der Waals surface area contributed by atoms with Crippen LogP contribution in [0.15, 0.2) is 116 Å². The van der Waals surface area contributed by atoms with E-state index >= 15 is 0 Å². The highest BCUT2D eigenvalue weighted by molar-refractivity contribution is 6.16. The summed E-state index contributed by atoms with van der Waals surface area (Å²) < 4.78 is 14.2. The van der Waals surface area contributed by atoms with E-state index in [-0.39, 0.29) is 11.7 Å². The van der Waals surface area contributed by atoms with Crippen molar-refractivity contribution in [2.24, 2.45) is 0 Å². The molecule has 0 unspecified atom stereocenters. The molecular weight excluding hydrogens is 417 g/mol. The van der Waals surface area contributed by atoms with Crippen LogP contribution in [-0.2, 0) is 0 Å². The molecule has 0 saturated heterocycles. The first-order chi connectivity index (χ1) is 16.8. The van der Waals surface area contributed by atoms with Gasteiger partial charge in [-0.25, -0.2) is 4.39 Å². The Kier molecular flexibility index (Phi) is 4.16. The number of benzene rings is 5. The fourth-order valence-corrected chi connectivity index (χ4v) is 5.80. The van der Waals surface area contributed by atoms with Crippen molar-refractivity contribution in [2.45, 2.75) is 5.92 Å². The molecule has 1 aromatic heterocycles. The highest BCUT2D eigenvalue weighted by Gasteiger charge is 2.32. The van der Waals surface area contributed by atoms with Gasteiger partial charge in [-0.3, -0.25) is 4.98 Å². The highest BCUT2D eigenvalue weighted by atomic mass is 19.1. The van der Waals surface area contributed by atoms with Crippen LogP contribution in [0.5, 0.6) is 0 Å². The Balaban J connectivity index is 1.66. The molecule has 0 spiro atoms. The van der Waals surface area contributed by atoms with Gasteiger partial charge in [-0.2, -0.15) is 0 Å². The third kappa shape index (κ3) is 2.69. The smallest absolute Gasteiger partial charge is 0.142 e. The predicted octanol–water partition coefficient (Wildman–Crippen LogP) is 8.35. The van der Waals surface area contributed by atoms with Crippen LogP contribution in [0.2, 0.25) is 0 Å². The molecule has 0 radical (unpaired) electrons. The third-order valence-electron chi connectivity index (χ3n) is 7.09. The van der Waals surface area contributed by atoms with Crippen molar-refractivity contribution in [3.05, 3.63) is 138 Å². The average molecular weight is 438 g/mol. The normalized spacial score (nSPS) is 12.7. The molecule has 0 aliphatic heterocycles. The summed E-state index contributed by atoms with van der Waals surface area (Å²) in [5.41, 5.74) is 8.40. The molecule has 0 N–H and O–H groups in total. The summed E-state index contributed by atoms with van der Waals surface area (Å²) in [4.78, 5) is 4.16. The van der Waals surface area contributed by atoms with E-state index in [0.717, 1.165) is 21.9 Å². The summed E-state index contributed by atoms with van der Waals surface area (Å²) >= 11 is 0. The topological polar surface area (TPSA) is 12.9 Å². The molecule has 1 nitrogen and oxygen atoms in total. The predicted molar refractivity (Wildman–Crippen MR) is 137 cm³/mol. The van der Waals surface area contributed by atoms with Gasteiger partial charge in [-0.05, 0) is 61.0 Å². The van der Waals surface area contributed by atoms with Gasteiger partial charge in [0, 0.05) is 17.7 Å². The van der Waals surface area contributed by atoms with Crippen molar-refractivity contribution in [1.82, 2.24) is 4.98 Å². The second kappa shape index (κ2) is 7.36. The molecule has 6 aromatic rings. The molecule has 0 fully saturated rings. The highest BCUT2D eigenvalue weighted by Crippen LogP contribution is 2.52.